The number of aliphatic hydroxyl groups is 1. The van der Waals surface area contributed by atoms with E-state index in [0.29, 0.717) is 5.56 Å². The average Bonchev–Trinajstić information content (AvgIpc) is 3.17. The van der Waals surface area contributed by atoms with Crippen LogP contribution in [0.25, 0.3) is 12.2 Å². The Hall–Kier alpha value is -4.23. The number of esters is 2. The number of alkyl halides is 2. The normalized spacial score (nSPS) is 19.7. The van der Waals surface area contributed by atoms with Crippen molar-refractivity contribution in [2.75, 3.05) is 6.61 Å². The molecule has 9 nitrogen and oxygen atoms in total. The highest BCUT2D eigenvalue weighted by atomic mass is 32.2. The molecule has 3 atom stereocenters. The molecule has 1 heterocycles. The lowest BCUT2D eigenvalue weighted by molar-refractivity contribution is -0.204. The van der Waals surface area contributed by atoms with E-state index in [-0.39, 0.29) is 4.90 Å². The van der Waals surface area contributed by atoms with E-state index in [1.807, 2.05) is 13.0 Å². The van der Waals surface area contributed by atoms with Crippen molar-refractivity contribution in [2.24, 2.45) is 0 Å². The lowest BCUT2D eigenvalue weighted by atomic mass is 10.1. The second kappa shape index (κ2) is 14.6. The fourth-order valence-corrected chi connectivity index (χ4v) is 4.02. The second-order valence-electron chi connectivity index (χ2n) is 8.97. The summed E-state index contributed by atoms with van der Waals surface area (Å²) in [6, 6.07) is 23.6. The molecular weight excluding hydrogens is 574 g/mol. The molecule has 0 radical (unpaired) electrons. The summed E-state index contributed by atoms with van der Waals surface area (Å²) in [5.74, 6) is -5.72. The van der Waals surface area contributed by atoms with Gasteiger partial charge in [-0.25, -0.2) is 9.59 Å². The van der Waals surface area contributed by atoms with Gasteiger partial charge in [0.15, 0.2) is 6.10 Å². The van der Waals surface area contributed by atoms with Crippen molar-refractivity contribution in [3.8, 4) is 0 Å². The number of hydrogen-bond acceptors (Lipinski definition) is 8. The maximum Gasteiger partial charge on any atom is 0.336 e. The molecule has 1 aliphatic heterocycles. The van der Waals surface area contributed by atoms with Gasteiger partial charge in [0.1, 0.15) is 12.7 Å². The molecule has 0 aliphatic carbocycles. The SMILES string of the molecule is Cc1ccc(S(=O)(=O)O)cc1.O=C(C=Cc1ccccc1)OC[C@H]1OC(O)C(F)(F)[C@@H]1OC(=O)C=Cc1ccccc1. The lowest BCUT2D eigenvalue weighted by Crippen LogP contribution is -2.44. The van der Waals surface area contributed by atoms with Crippen molar-refractivity contribution < 1.29 is 50.7 Å². The van der Waals surface area contributed by atoms with Crippen molar-refractivity contribution >= 4 is 34.2 Å². The van der Waals surface area contributed by atoms with E-state index in [1.165, 1.54) is 24.3 Å². The Balaban J connectivity index is 0.000000369. The number of carbonyl (C=O) groups is 2. The van der Waals surface area contributed by atoms with Crippen LogP contribution in [0, 0.1) is 6.92 Å². The maximum atomic E-state index is 14.2. The molecule has 3 aromatic rings. The van der Waals surface area contributed by atoms with Crippen LogP contribution in [0.5, 0.6) is 0 Å². The summed E-state index contributed by atoms with van der Waals surface area (Å²) in [6.07, 6.45) is -1.14. The average molecular weight is 603 g/mol. The summed E-state index contributed by atoms with van der Waals surface area (Å²) in [7, 11) is -4.02. The fraction of sp³-hybridized carbons (Fsp3) is 0.200. The first-order valence-corrected chi connectivity index (χ1v) is 13.9. The zero-order chi connectivity index (χ0) is 30.8. The Morgan fingerprint density at radius 3 is 1.88 bits per heavy atom. The molecule has 1 saturated heterocycles. The summed E-state index contributed by atoms with van der Waals surface area (Å²) in [6.45, 7) is 1.21. The molecule has 222 valence electrons. The molecule has 0 saturated carbocycles. The third-order valence-electron chi connectivity index (χ3n) is 5.72. The molecule has 0 bridgehead atoms. The number of carbonyl (C=O) groups excluding carboxylic acids is 2. The highest BCUT2D eigenvalue weighted by molar-refractivity contribution is 7.85. The maximum absolute atomic E-state index is 14.2. The van der Waals surface area contributed by atoms with Crippen LogP contribution < -0.4 is 0 Å². The van der Waals surface area contributed by atoms with Gasteiger partial charge in [0.25, 0.3) is 10.1 Å². The standard InChI is InChI=1S/C23H20F2O6.C7H8O3S/c24-23(25)21(31-20(27)14-12-17-9-5-2-6-10-17)18(30-22(23)28)15-29-19(26)13-11-16-7-3-1-4-8-16;1-6-2-4-7(5-3-6)11(8,9)10/h1-14,18,21-22,28H,15H2;2-5H,1H3,(H,8,9,10)/t18-,21-,22?;/m1./s1. The monoisotopic (exact) mass is 602 g/mol. The third-order valence-corrected chi connectivity index (χ3v) is 6.59. The van der Waals surface area contributed by atoms with E-state index in [2.05, 4.69) is 0 Å². The molecule has 1 aliphatic rings. The Bertz CT molecular complexity index is 1490. The van der Waals surface area contributed by atoms with Crippen molar-refractivity contribution in [1.29, 1.82) is 0 Å². The van der Waals surface area contributed by atoms with E-state index in [9.17, 15) is 31.9 Å². The predicted molar refractivity (Wildman–Crippen MR) is 149 cm³/mol. The fourth-order valence-electron chi connectivity index (χ4n) is 3.54. The Kier molecular flexibility index (Phi) is 11.2. The molecule has 3 aromatic carbocycles. The van der Waals surface area contributed by atoms with Crippen LogP contribution in [0.4, 0.5) is 8.78 Å². The minimum Gasteiger partial charge on any atom is -0.460 e. The van der Waals surface area contributed by atoms with Crippen molar-refractivity contribution in [3.63, 3.8) is 0 Å². The second-order valence-corrected chi connectivity index (χ2v) is 10.4. The van der Waals surface area contributed by atoms with Crippen LogP contribution in [0.1, 0.15) is 16.7 Å². The molecule has 42 heavy (non-hydrogen) atoms. The number of halogens is 2. The number of aliphatic hydroxyl groups excluding tert-OH is 1. The van der Waals surface area contributed by atoms with Gasteiger partial charge in [-0.05, 0) is 42.3 Å². The van der Waals surface area contributed by atoms with Gasteiger partial charge in [0.2, 0.25) is 6.29 Å². The Labute approximate surface area is 241 Å². The van der Waals surface area contributed by atoms with Gasteiger partial charge in [0.05, 0.1) is 4.90 Å². The van der Waals surface area contributed by atoms with Gasteiger partial charge < -0.3 is 19.3 Å². The van der Waals surface area contributed by atoms with Gasteiger partial charge in [0, 0.05) is 12.2 Å². The lowest BCUT2D eigenvalue weighted by Gasteiger charge is -2.21. The number of ether oxygens (including phenoxy) is 3. The molecule has 0 spiro atoms. The molecule has 0 aromatic heterocycles. The largest absolute Gasteiger partial charge is 0.460 e. The number of benzene rings is 3. The first-order valence-electron chi connectivity index (χ1n) is 12.5. The van der Waals surface area contributed by atoms with Crippen LogP contribution in [-0.4, -0.2) is 61.0 Å². The molecule has 4 rings (SSSR count). The number of hydrogen-bond donors (Lipinski definition) is 2. The quantitative estimate of drug-likeness (QED) is 0.218. The van der Waals surface area contributed by atoms with E-state index in [4.69, 9.17) is 18.8 Å². The first kappa shape index (κ1) is 32.3. The minimum atomic E-state index is -4.02. The topological polar surface area (TPSA) is 136 Å². The number of rotatable bonds is 8. The van der Waals surface area contributed by atoms with Gasteiger partial charge in [-0.3, -0.25) is 4.55 Å². The Morgan fingerprint density at radius 1 is 0.881 bits per heavy atom. The summed E-state index contributed by atoms with van der Waals surface area (Å²) in [5, 5.41) is 9.50. The highest BCUT2D eigenvalue weighted by Crippen LogP contribution is 2.37. The number of aryl methyl sites for hydroxylation is 1. The van der Waals surface area contributed by atoms with Crippen LogP contribution >= 0.6 is 0 Å². The zero-order valence-electron chi connectivity index (χ0n) is 22.2. The van der Waals surface area contributed by atoms with E-state index >= 15 is 0 Å². The van der Waals surface area contributed by atoms with Crippen molar-refractivity contribution in [3.05, 3.63) is 114 Å². The van der Waals surface area contributed by atoms with Crippen LogP contribution in [-0.2, 0) is 33.9 Å². The van der Waals surface area contributed by atoms with Gasteiger partial charge in [-0.2, -0.15) is 17.2 Å². The van der Waals surface area contributed by atoms with Crippen molar-refractivity contribution in [2.45, 2.75) is 36.2 Å². The molecule has 12 heteroatoms. The summed E-state index contributed by atoms with van der Waals surface area (Å²) >= 11 is 0. The van der Waals surface area contributed by atoms with Gasteiger partial charge >= 0.3 is 17.9 Å². The van der Waals surface area contributed by atoms with Crippen LogP contribution in [0.15, 0.2) is 102 Å². The molecule has 0 amide bonds. The van der Waals surface area contributed by atoms with E-state index < -0.39 is 53.1 Å². The van der Waals surface area contributed by atoms with Gasteiger partial charge in [-0.1, -0.05) is 78.4 Å². The molecular formula is C30H28F2O9S. The van der Waals surface area contributed by atoms with E-state index in [1.54, 1.807) is 66.7 Å². The molecule has 2 N–H and O–H groups in total. The van der Waals surface area contributed by atoms with Gasteiger partial charge in [-0.15, -0.1) is 0 Å². The highest BCUT2D eigenvalue weighted by Gasteiger charge is 2.61. The smallest absolute Gasteiger partial charge is 0.336 e. The predicted octanol–water partition coefficient (Wildman–Crippen LogP) is 4.46. The first-order chi connectivity index (χ1) is 19.9. The van der Waals surface area contributed by atoms with Crippen LogP contribution in [0.3, 0.4) is 0 Å². The van der Waals surface area contributed by atoms with E-state index in [0.717, 1.165) is 23.3 Å². The third kappa shape index (κ3) is 9.70. The van der Waals surface area contributed by atoms with Crippen LogP contribution in [0.2, 0.25) is 0 Å². The summed E-state index contributed by atoms with van der Waals surface area (Å²) in [5.41, 5.74) is 2.37. The summed E-state index contributed by atoms with van der Waals surface area (Å²) < 4.78 is 72.5. The molecule has 1 fully saturated rings. The minimum absolute atomic E-state index is 0.0666. The summed E-state index contributed by atoms with van der Waals surface area (Å²) in [4.78, 5) is 23.8. The zero-order valence-corrected chi connectivity index (χ0v) is 23.1. The molecule has 1 unspecified atom stereocenters. The Morgan fingerprint density at radius 2 is 1.38 bits per heavy atom. The van der Waals surface area contributed by atoms with Crippen molar-refractivity contribution in [1.82, 2.24) is 0 Å².